The number of carbonyl (C=O) groups excluding carboxylic acids is 1. The molecule has 0 aliphatic carbocycles. The number of halogens is 4. The van der Waals surface area contributed by atoms with E-state index in [2.05, 4.69) is 15.4 Å². The average Bonchev–Trinajstić information content (AvgIpc) is 2.44. The fourth-order valence-electron chi connectivity index (χ4n) is 1.71. The van der Waals surface area contributed by atoms with Crippen molar-refractivity contribution in [2.45, 2.75) is 12.8 Å². The summed E-state index contributed by atoms with van der Waals surface area (Å²) in [7, 11) is 1.56. The molecule has 132 valence electrons. The van der Waals surface area contributed by atoms with Crippen LogP contribution in [0.25, 0.3) is 0 Å². The van der Waals surface area contributed by atoms with E-state index in [1.165, 1.54) is 18.2 Å². The van der Waals surface area contributed by atoms with Crippen molar-refractivity contribution in [1.29, 1.82) is 0 Å². The van der Waals surface area contributed by atoms with Gasteiger partial charge in [0.15, 0.2) is 0 Å². The zero-order chi connectivity index (χ0) is 16.4. The maximum atomic E-state index is 12.3. The summed E-state index contributed by atoms with van der Waals surface area (Å²) in [4.78, 5) is 11.5. The fraction of sp³-hybridized carbons (Fsp3) is 0.500. The Balaban J connectivity index is 0.00000484. The largest absolute Gasteiger partial charge is 0.573 e. The number of ether oxygens (including phenoxy) is 2. The lowest BCUT2D eigenvalue weighted by Gasteiger charge is -2.13. The van der Waals surface area contributed by atoms with E-state index in [1.807, 2.05) is 0 Å². The second-order valence-electron chi connectivity index (χ2n) is 4.43. The molecule has 1 aromatic carbocycles. The topological polar surface area (TPSA) is 59.6 Å². The summed E-state index contributed by atoms with van der Waals surface area (Å²) in [5, 5.41) is 5.49. The Morgan fingerprint density at radius 2 is 1.91 bits per heavy atom. The van der Waals surface area contributed by atoms with Gasteiger partial charge in [0, 0.05) is 20.2 Å². The third-order valence-corrected chi connectivity index (χ3v) is 2.68. The van der Waals surface area contributed by atoms with E-state index in [9.17, 15) is 18.0 Å². The summed E-state index contributed by atoms with van der Waals surface area (Å²) in [5.41, 5.74) is 0.382. The van der Waals surface area contributed by atoms with E-state index >= 15 is 0 Å². The van der Waals surface area contributed by atoms with Gasteiger partial charge in [-0.2, -0.15) is 0 Å². The molecule has 0 heterocycles. The molecule has 5 nitrogen and oxygen atoms in total. The van der Waals surface area contributed by atoms with Crippen molar-refractivity contribution < 1.29 is 27.4 Å². The van der Waals surface area contributed by atoms with Gasteiger partial charge in [0.05, 0.1) is 13.2 Å². The third-order valence-electron chi connectivity index (χ3n) is 2.68. The van der Waals surface area contributed by atoms with Crippen molar-refractivity contribution in [3.05, 3.63) is 29.8 Å². The molecule has 0 aromatic heterocycles. The standard InChI is InChI=1S/C14H19F3N2O3.ClH/c1-21-9-8-18-10-13(20)19-7-6-11-4-2-3-5-12(11)22-14(15,16)17;/h2-5,18H,6-10H2,1H3,(H,19,20);1H. The highest BCUT2D eigenvalue weighted by Gasteiger charge is 2.31. The first-order chi connectivity index (χ1) is 10.4. The van der Waals surface area contributed by atoms with Gasteiger partial charge in [-0.3, -0.25) is 4.79 Å². The Hall–Kier alpha value is -1.51. The molecule has 1 rings (SSSR count). The Morgan fingerprint density at radius 1 is 1.22 bits per heavy atom. The molecule has 0 radical (unpaired) electrons. The van der Waals surface area contributed by atoms with Crippen molar-refractivity contribution in [1.82, 2.24) is 10.6 Å². The van der Waals surface area contributed by atoms with Gasteiger partial charge in [0.1, 0.15) is 5.75 Å². The fourth-order valence-corrected chi connectivity index (χ4v) is 1.71. The highest BCUT2D eigenvalue weighted by molar-refractivity contribution is 5.85. The number of hydrogen-bond donors (Lipinski definition) is 2. The SMILES string of the molecule is COCCNCC(=O)NCCc1ccccc1OC(F)(F)F.Cl. The number of amides is 1. The van der Waals surface area contributed by atoms with E-state index in [0.717, 1.165) is 0 Å². The number of methoxy groups -OCH3 is 1. The molecular weight excluding hydrogens is 337 g/mol. The molecule has 0 spiro atoms. The van der Waals surface area contributed by atoms with Crippen molar-refractivity contribution in [2.75, 3.05) is 33.4 Å². The Morgan fingerprint density at radius 3 is 2.57 bits per heavy atom. The predicted molar refractivity (Wildman–Crippen MR) is 81.8 cm³/mol. The van der Waals surface area contributed by atoms with Crippen molar-refractivity contribution >= 4 is 18.3 Å². The Labute approximate surface area is 138 Å². The van der Waals surface area contributed by atoms with Crippen LogP contribution in [0, 0.1) is 0 Å². The van der Waals surface area contributed by atoms with Crippen LogP contribution in [0.2, 0.25) is 0 Å². The molecule has 0 unspecified atom stereocenters. The van der Waals surface area contributed by atoms with Crippen molar-refractivity contribution in [3.8, 4) is 5.75 Å². The summed E-state index contributed by atoms with van der Waals surface area (Å²) in [6.07, 6.45) is -4.49. The van der Waals surface area contributed by atoms with E-state index in [-0.39, 0.29) is 43.6 Å². The Kier molecular flexibility index (Phi) is 10.4. The number of rotatable bonds is 9. The van der Waals surface area contributed by atoms with E-state index in [4.69, 9.17) is 4.74 Å². The van der Waals surface area contributed by atoms with Crippen molar-refractivity contribution in [3.63, 3.8) is 0 Å². The van der Waals surface area contributed by atoms with E-state index in [1.54, 1.807) is 13.2 Å². The molecule has 23 heavy (non-hydrogen) atoms. The lowest BCUT2D eigenvalue weighted by molar-refractivity contribution is -0.274. The lowest BCUT2D eigenvalue weighted by atomic mass is 10.1. The highest BCUT2D eigenvalue weighted by Crippen LogP contribution is 2.26. The average molecular weight is 357 g/mol. The maximum absolute atomic E-state index is 12.3. The smallest absolute Gasteiger partial charge is 0.406 e. The molecule has 0 saturated carbocycles. The molecule has 1 aromatic rings. The predicted octanol–water partition coefficient (Wildman–Crippen LogP) is 1.90. The molecule has 0 saturated heterocycles. The zero-order valence-electron chi connectivity index (χ0n) is 12.6. The van der Waals surface area contributed by atoms with Crippen LogP contribution in [-0.2, 0) is 16.0 Å². The van der Waals surface area contributed by atoms with Crippen LogP contribution >= 0.6 is 12.4 Å². The minimum atomic E-state index is -4.73. The minimum absolute atomic E-state index is 0. The van der Waals surface area contributed by atoms with E-state index in [0.29, 0.717) is 18.7 Å². The molecule has 0 bridgehead atoms. The first-order valence-corrected chi connectivity index (χ1v) is 6.72. The number of alkyl halides is 3. The second-order valence-corrected chi connectivity index (χ2v) is 4.43. The molecule has 0 aliphatic rings. The zero-order valence-corrected chi connectivity index (χ0v) is 13.4. The quantitative estimate of drug-likeness (QED) is 0.664. The number of carbonyl (C=O) groups is 1. The molecule has 9 heteroatoms. The van der Waals surface area contributed by atoms with Gasteiger partial charge in [-0.05, 0) is 18.1 Å². The summed E-state index contributed by atoms with van der Waals surface area (Å²) in [6.45, 7) is 1.40. The molecule has 1 amide bonds. The first-order valence-electron chi connectivity index (χ1n) is 6.72. The van der Waals surface area contributed by atoms with Gasteiger partial charge in [0.25, 0.3) is 0 Å². The number of benzene rings is 1. The van der Waals surface area contributed by atoms with Crippen LogP contribution in [-0.4, -0.2) is 45.6 Å². The number of nitrogens with one attached hydrogen (secondary N) is 2. The first kappa shape index (κ1) is 21.5. The maximum Gasteiger partial charge on any atom is 0.573 e. The second kappa shape index (κ2) is 11.1. The normalized spacial score (nSPS) is 10.8. The highest BCUT2D eigenvalue weighted by atomic mass is 35.5. The van der Waals surface area contributed by atoms with Crippen LogP contribution in [0.1, 0.15) is 5.56 Å². The molecule has 0 atom stereocenters. The van der Waals surface area contributed by atoms with Gasteiger partial charge >= 0.3 is 6.36 Å². The molecule has 0 fully saturated rings. The summed E-state index contributed by atoms with van der Waals surface area (Å²) in [5.74, 6) is -0.479. The summed E-state index contributed by atoms with van der Waals surface area (Å²) >= 11 is 0. The van der Waals surface area contributed by atoms with Gasteiger partial charge in [0.2, 0.25) is 5.91 Å². The van der Waals surface area contributed by atoms with E-state index < -0.39 is 6.36 Å². The number of hydrogen-bond acceptors (Lipinski definition) is 4. The van der Waals surface area contributed by atoms with Crippen LogP contribution in [0.5, 0.6) is 5.75 Å². The van der Waals surface area contributed by atoms with Crippen LogP contribution in [0.15, 0.2) is 24.3 Å². The summed E-state index contributed by atoms with van der Waals surface area (Å²) < 4.78 is 45.5. The monoisotopic (exact) mass is 356 g/mol. The molecule has 0 aliphatic heterocycles. The van der Waals surface area contributed by atoms with Crippen LogP contribution in [0.3, 0.4) is 0 Å². The van der Waals surface area contributed by atoms with Gasteiger partial charge in [-0.15, -0.1) is 25.6 Å². The van der Waals surface area contributed by atoms with Crippen LogP contribution in [0.4, 0.5) is 13.2 Å². The molecular formula is C14H20ClF3N2O3. The van der Waals surface area contributed by atoms with Gasteiger partial charge in [-0.25, -0.2) is 0 Å². The lowest BCUT2D eigenvalue weighted by Crippen LogP contribution is -2.36. The third kappa shape index (κ3) is 9.98. The van der Waals surface area contributed by atoms with Gasteiger partial charge in [-0.1, -0.05) is 18.2 Å². The van der Waals surface area contributed by atoms with Crippen LogP contribution < -0.4 is 15.4 Å². The number of para-hydroxylation sites is 1. The Bertz CT molecular complexity index is 473. The van der Waals surface area contributed by atoms with Crippen molar-refractivity contribution in [2.24, 2.45) is 0 Å². The summed E-state index contributed by atoms with van der Waals surface area (Å²) in [6, 6.07) is 5.86. The van der Waals surface area contributed by atoms with Gasteiger partial charge < -0.3 is 20.1 Å². The molecule has 2 N–H and O–H groups in total. The minimum Gasteiger partial charge on any atom is -0.406 e.